The van der Waals surface area contributed by atoms with Gasteiger partial charge >= 0.3 is 5.97 Å². The first-order valence-corrected chi connectivity index (χ1v) is 3.82. The van der Waals surface area contributed by atoms with E-state index >= 15 is 0 Å². The monoisotopic (exact) mass is 188 g/mol. The van der Waals surface area contributed by atoms with Gasteiger partial charge in [0.25, 0.3) is 5.97 Å². The SMILES string of the molecule is CC(=O)O.CC(=O)OCC=C(C)C. The van der Waals surface area contributed by atoms with Crippen LogP contribution in [-0.2, 0) is 14.3 Å². The first-order valence-electron chi connectivity index (χ1n) is 3.82. The van der Waals surface area contributed by atoms with Crippen LogP contribution in [0, 0.1) is 0 Å². The quantitative estimate of drug-likeness (QED) is 0.528. The number of esters is 1. The van der Waals surface area contributed by atoms with Gasteiger partial charge in [-0.2, -0.15) is 0 Å². The van der Waals surface area contributed by atoms with Crippen molar-refractivity contribution in [1.82, 2.24) is 0 Å². The van der Waals surface area contributed by atoms with E-state index in [1.54, 1.807) is 0 Å². The second-order valence-electron chi connectivity index (χ2n) is 2.60. The minimum Gasteiger partial charge on any atom is -0.481 e. The Morgan fingerprint density at radius 2 is 1.62 bits per heavy atom. The molecular weight excluding hydrogens is 172 g/mol. The number of carboxylic acids is 1. The Morgan fingerprint density at radius 1 is 1.23 bits per heavy atom. The van der Waals surface area contributed by atoms with Crippen LogP contribution in [0.25, 0.3) is 0 Å². The van der Waals surface area contributed by atoms with Gasteiger partial charge in [0.05, 0.1) is 0 Å². The molecule has 0 atom stereocenters. The average molecular weight is 188 g/mol. The van der Waals surface area contributed by atoms with Gasteiger partial charge in [0.2, 0.25) is 0 Å². The molecule has 4 heteroatoms. The standard InChI is InChI=1S/C7H12O2.C2H4O2/c1-6(2)4-5-9-7(3)8;1-2(3)4/h4H,5H2,1-3H3;1H3,(H,3,4). The van der Waals surface area contributed by atoms with Crippen molar-refractivity contribution in [3.05, 3.63) is 11.6 Å². The van der Waals surface area contributed by atoms with Crippen LogP contribution in [0.4, 0.5) is 0 Å². The minimum absolute atomic E-state index is 0.229. The summed E-state index contributed by atoms with van der Waals surface area (Å²) in [6, 6.07) is 0. The predicted molar refractivity (Wildman–Crippen MR) is 49.4 cm³/mol. The molecule has 4 nitrogen and oxygen atoms in total. The third-order valence-corrected chi connectivity index (χ3v) is 0.778. The van der Waals surface area contributed by atoms with Crippen LogP contribution in [0.1, 0.15) is 27.7 Å². The molecular formula is C9H16O4. The lowest BCUT2D eigenvalue weighted by molar-refractivity contribution is -0.139. The molecule has 0 bridgehead atoms. The molecule has 0 aliphatic heterocycles. The van der Waals surface area contributed by atoms with E-state index in [1.165, 1.54) is 6.92 Å². The average Bonchev–Trinajstić information content (AvgIpc) is 1.83. The number of rotatable bonds is 2. The van der Waals surface area contributed by atoms with Crippen molar-refractivity contribution in [1.29, 1.82) is 0 Å². The largest absolute Gasteiger partial charge is 0.481 e. The summed E-state index contributed by atoms with van der Waals surface area (Å²) in [5.41, 5.74) is 1.16. The Kier molecular flexibility index (Phi) is 9.60. The van der Waals surface area contributed by atoms with Gasteiger partial charge < -0.3 is 9.84 Å². The number of hydrogen-bond acceptors (Lipinski definition) is 3. The Morgan fingerprint density at radius 3 is 1.85 bits per heavy atom. The zero-order chi connectivity index (χ0) is 10.9. The summed E-state index contributed by atoms with van der Waals surface area (Å²) >= 11 is 0. The number of allylic oxidation sites excluding steroid dienone is 1. The van der Waals surface area contributed by atoms with Gasteiger partial charge in [-0.15, -0.1) is 0 Å². The van der Waals surface area contributed by atoms with Gasteiger partial charge in [0.1, 0.15) is 6.61 Å². The first-order chi connectivity index (χ1) is 5.86. The maximum atomic E-state index is 10.2. The van der Waals surface area contributed by atoms with Crippen LogP contribution in [0.2, 0.25) is 0 Å². The van der Waals surface area contributed by atoms with Gasteiger partial charge in [-0.05, 0) is 19.9 Å². The Balaban J connectivity index is 0. The van der Waals surface area contributed by atoms with E-state index in [1.807, 2.05) is 19.9 Å². The number of hydrogen-bond donors (Lipinski definition) is 1. The van der Waals surface area contributed by atoms with Crippen LogP contribution in [0.5, 0.6) is 0 Å². The molecule has 1 N–H and O–H groups in total. The maximum Gasteiger partial charge on any atom is 0.302 e. The van der Waals surface area contributed by atoms with Crippen molar-refractivity contribution >= 4 is 11.9 Å². The van der Waals surface area contributed by atoms with Gasteiger partial charge in [0.15, 0.2) is 0 Å². The predicted octanol–water partition coefficient (Wildman–Crippen LogP) is 1.61. The zero-order valence-electron chi connectivity index (χ0n) is 8.46. The second kappa shape index (κ2) is 8.77. The fourth-order valence-electron chi connectivity index (χ4n) is 0.326. The molecule has 0 aliphatic carbocycles. The summed E-state index contributed by atoms with van der Waals surface area (Å²) in [7, 11) is 0. The summed E-state index contributed by atoms with van der Waals surface area (Å²) in [6.07, 6.45) is 1.86. The van der Waals surface area contributed by atoms with E-state index in [0.717, 1.165) is 12.5 Å². The molecule has 76 valence electrons. The molecule has 0 aromatic rings. The summed E-state index contributed by atoms with van der Waals surface area (Å²) < 4.78 is 4.64. The smallest absolute Gasteiger partial charge is 0.302 e. The molecule has 0 saturated heterocycles. The van der Waals surface area contributed by atoms with E-state index in [2.05, 4.69) is 4.74 Å². The van der Waals surface area contributed by atoms with Gasteiger partial charge in [-0.3, -0.25) is 9.59 Å². The van der Waals surface area contributed by atoms with Crippen LogP contribution in [0.3, 0.4) is 0 Å². The van der Waals surface area contributed by atoms with Gasteiger partial charge in [-0.25, -0.2) is 0 Å². The molecule has 0 heterocycles. The number of ether oxygens (including phenoxy) is 1. The highest BCUT2D eigenvalue weighted by Gasteiger charge is 1.86. The molecule has 0 fully saturated rings. The molecule has 0 aromatic carbocycles. The third kappa shape index (κ3) is 36.7. The lowest BCUT2D eigenvalue weighted by atomic mass is 10.3. The highest BCUT2D eigenvalue weighted by atomic mass is 16.5. The number of carboxylic acid groups (broad SMARTS) is 1. The fraction of sp³-hybridized carbons (Fsp3) is 0.556. The summed E-state index contributed by atoms with van der Waals surface area (Å²) in [5.74, 6) is -1.06. The highest BCUT2D eigenvalue weighted by Crippen LogP contribution is 1.87. The normalized spacial score (nSPS) is 7.69. The molecule has 0 aromatic heterocycles. The van der Waals surface area contributed by atoms with E-state index in [4.69, 9.17) is 9.90 Å². The maximum absolute atomic E-state index is 10.2. The highest BCUT2D eigenvalue weighted by molar-refractivity contribution is 5.66. The number of aliphatic carboxylic acids is 1. The van der Waals surface area contributed by atoms with Gasteiger partial charge in [-0.1, -0.05) is 5.57 Å². The van der Waals surface area contributed by atoms with E-state index in [0.29, 0.717) is 6.61 Å². The van der Waals surface area contributed by atoms with Crippen molar-refractivity contribution in [2.75, 3.05) is 6.61 Å². The molecule has 0 spiro atoms. The zero-order valence-corrected chi connectivity index (χ0v) is 8.46. The number of carbonyl (C=O) groups excluding carboxylic acids is 1. The second-order valence-corrected chi connectivity index (χ2v) is 2.60. The summed E-state index contributed by atoms with van der Waals surface area (Å²) in [6.45, 7) is 6.81. The van der Waals surface area contributed by atoms with E-state index in [-0.39, 0.29) is 5.97 Å². The lowest BCUT2D eigenvalue weighted by Crippen LogP contribution is -1.97. The van der Waals surface area contributed by atoms with Crippen molar-refractivity contribution in [2.24, 2.45) is 0 Å². The molecule has 0 radical (unpaired) electrons. The molecule has 0 saturated carbocycles. The molecule has 0 amide bonds. The van der Waals surface area contributed by atoms with Crippen molar-refractivity contribution in [2.45, 2.75) is 27.7 Å². The van der Waals surface area contributed by atoms with Crippen molar-refractivity contribution < 1.29 is 19.4 Å². The van der Waals surface area contributed by atoms with Crippen molar-refractivity contribution in [3.63, 3.8) is 0 Å². The molecule has 0 rings (SSSR count). The van der Waals surface area contributed by atoms with Crippen LogP contribution in [0.15, 0.2) is 11.6 Å². The van der Waals surface area contributed by atoms with Crippen LogP contribution >= 0.6 is 0 Å². The number of carbonyl (C=O) groups is 2. The summed E-state index contributed by atoms with van der Waals surface area (Å²) in [5, 5.41) is 7.42. The molecule has 0 unspecified atom stereocenters. The topological polar surface area (TPSA) is 63.6 Å². The Labute approximate surface area is 78.2 Å². The Bertz CT molecular complexity index is 186. The molecule has 0 aliphatic rings. The third-order valence-electron chi connectivity index (χ3n) is 0.778. The van der Waals surface area contributed by atoms with E-state index in [9.17, 15) is 4.79 Å². The summed E-state index contributed by atoms with van der Waals surface area (Å²) in [4.78, 5) is 19.2. The lowest BCUT2D eigenvalue weighted by Gasteiger charge is -1.94. The fourth-order valence-corrected chi connectivity index (χ4v) is 0.326. The van der Waals surface area contributed by atoms with Crippen molar-refractivity contribution in [3.8, 4) is 0 Å². The van der Waals surface area contributed by atoms with Crippen LogP contribution in [-0.4, -0.2) is 23.7 Å². The first kappa shape index (κ1) is 14.2. The Hall–Kier alpha value is -1.32. The van der Waals surface area contributed by atoms with E-state index < -0.39 is 5.97 Å². The molecule has 13 heavy (non-hydrogen) atoms. The van der Waals surface area contributed by atoms with Crippen LogP contribution < -0.4 is 0 Å². The van der Waals surface area contributed by atoms with Gasteiger partial charge in [0, 0.05) is 13.8 Å². The minimum atomic E-state index is -0.833.